The Bertz CT molecular complexity index is 927. The number of morpholine rings is 1. The number of phenolic OH excluding ortho intramolecular Hbond substituents is 1. The molecular weight excluding hydrogens is 342 g/mol. The molecule has 3 heterocycles. The fourth-order valence-electron chi connectivity index (χ4n) is 2.90. The quantitative estimate of drug-likeness (QED) is 0.737. The maximum atomic E-state index is 10.1. The molecule has 0 aliphatic carbocycles. The highest BCUT2D eigenvalue weighted by atomic mass is 16.5. The lowest BCUT2D eigenvalue weighted by molar-refractivity contribution is 0.122. The highest BCUT2D eigenvalue weighted by molar-refractivity contribution is 5.69. The van der Waals surface area contributed by atoms with Crippen molar-refractivity contribution in [3.05, 3.63) is 54.4 Å². The molecule has 1 aliphatic rings. The molecule has 0 radical (unpaired) electrons. The molecule has 1 aliphatic heterocycles. The molecule has 0 saturated carbocycles. The first-order chi connectivity index (χ1) is 13.2. The number of aryl methyl sites for hydroxylation is 1. The highest BCUT2D eigenvalue weighted by Gasteiger charge is 2.17. The Labute approximate surface area is 157 Å². The van der Waals surface area contributed by atoms with E-state index in [1.807, 2.05) is 37.3 Å². The number of hydrogen-bond acceptors (Lipinski definition) is 7. The summed E-state index contributed by atoms with van der Waals surface area (Å²) in [6.07, 6.45) is 3.47. The molecule has 0 spiro atoms. The van der Waals surface area contributed by atoms with Gasteiger partial charge in [0.25, 0.3) is 0 Å². The molecule has 2 aromatic heterocycles. The van der Waals surface area contributed by atoms with Crippen molar-refractivity contribution < 1.29 is 9.84 Å². The zero-order valence-electron chi connectivity index (χ0n) is 15.1. The van der Waals surface area contributed by atoms with Crippen LogP contribution in [0.25, 0.3) is 11.3 Å². The lowest BCUT2D eigenvalue weighted by Crippen LogP contribution is -2.37. The normalized spacial score (nSPS) is 14.2. The number of aromatic nitrogens is 3. The van der Waals surface area contributed by atoms with Crippen LogP contribution >= 0.6 is 0 Å². The van der Waals surface area contributed by atoms with Gasteiger partial charge in [-0.2, -0.15) is 4.98 Å². The van der Waals surface area contributed by atoms with Gasteiger partial charge in [0, 0.05) is 30.9 Å². The molecule has 0 atom stereocenters. The number of ether oxygens (including phenoxy) is 1. The van der Waals surface area contributed by atoms with Crippen molar-refractivity contribution in [2.75, 3.05) is 36.5 Å². The van der Waals surface area contributed by atoms with Gasteiger partial charge < -0.3 is 20.1 Å². The summed E-state index contributed by atoms with van der Waals surface area (Å²) in [6.45, 7) is 4.67. The van der Waals surface area contributed by atoms with Crippen LogP contribution < -0.4 is 10.2 Å². The third kappa shape index (κ3) is 3.98. The largest absolute Gasteiger partial charge is 0.508 e. The topological polar surface area (TPSA) is 83.4 Å². The Morgan fingerprint density at radius 3 is 2.70 bits per heavy atom. The lowest BCUT2D eigenvalue weighted by atomic mass is 10.1. The smallest absolute Gasteiger partial charge is 0.228 e. The number of anilines is 3. The molecule has 2 N–H and O–H groups in total. The van der Waals surface area contributed by atoms with Crippen LogP contribution in [-0.2, 0) is 4.74 Å². The van der Waals surface area contributed by atoms with Crippen LogP contribution in [0.1, 0.15) is 5.56 Å². The van der Waals surface area contributed by atoms with E-state index in [4.69, 9.17) is 9.72 Å². The number of pyridine rings is 1. The van der Waals surface area contributed by atoms with Crippen molar-refractivity contribution in [1.82, 2.24) is 15.0 Å². The molecule has 3 aromatic rings. The Hall–Kier alpha value is -3.19. The van der Waals surface area contributed by atoms with Crippen molar-refractivity contribution in [2.45, 2.75) is 6.92 Å². The van der Waals surface area contributed by atoms with Gasteiger partial charge in [-0.3, -0.25) is 4.98 Å². The van der Waals surface area contributed by atoms with Gasteiger partial charge in [-0.05, 0) is 30.7 Å². The van der Waals surface area contributed by atoms with Crippen LogP contribution in [0.5, 0.6) is 5.75 Å². The van der Waals surface area contributed by atoms with Gasteiger partial charge in [0.2, 0.25) is 5.95 Å². The molecule has 7 nitrogen and oxygen atoms in total. The Kier molecular flexibility index (Phi) is 4.84. The number of aromatic hydroxyl groups is 1. The summed E-state index contributed by atoms with van der Waals surface area (Å²) in [5, 5.41) is 13.4. The summed E-state index contributed by atoms with van der Waals surface area (Å²) in [7, 11) is 0. The van der Waals surface area contributed by atoms with Gasteiger partial charge in [-0.1, -0.05) is 12.1 Å². The van der Waals surface area contributed by atoms with E-state index in [0.29, 0.717) is 25.0 Å². The van der Waals surface area contributed by atoms with Crippen molar-refractivity contribution in [3.8, 4) is 17.0 Å². The van der Waals surface area contributed by atoms with Crippen LogP contribution in [-0.4, -0.2) is 46.4 Å². The highest BCUT2D eigenvalue weighted by Crippen LogP contribution is 2.28. The molecule has 0 unspecified atom stereocenters. The van der Waals surface area contributed by atoms with Crippen LogP contribution in [0, 0.1) is 6.92 Å². The lowest BCUT2D eigenvalue weighted by Gasteiger charge is -2.27. The van der Waals surface area contributed by atoms with E-state index in [-0.39, 0.29) is 5.75 Å². The molecule has 1 aromatic carbocycles. The van der Waals surface area contributed by atoms with E-state index in [1.165, 1.54) is 0 Å². The van der Waals surface area contributed by atoms with Crippen molar-refractivity contribution in [1.29, 1.82) is 0 Å². The van der Waals surface area contributed by atoms with Crippen LogP contribution in [0.4, 0.5) is 17.5 Å². The first kappa shape index (κ1) is 17.2. The predicted molar refractivity (Wildman–Crippen MR) is 104 cm³/mol. The molecule has 0 bridgehead atoms. The third-order valence-corrected chi connectivity index (χ3v) is 4.45. The summed E-state index contributed by atoms with van der Waals surface area (Å²) < 4.78 is 5.44. The van der Waals surface area contributed by atoms with E-state index in [9.17, 15) is 5.11 Å². The van der Waals surface area contributed by atoms with Gasteiger partial charge in [-0.25, -0.2) is 4.98 Å². The number of benzene rings is 1. The van der Waals surface area contributed by atoms with E-state index in [0.717, 1.165) is 35.6 Å². The predicted octanol–water partition coefficient (Wildman–Crippen LogP) is 3.13. The summed E-state index contributed by atoms with van der Waals surface area (Å²) in [4.78, 5) is 15.6. The second-order valence-electron chi connectivity index (χ2n) is 6.41. The van der Waals surface area contributed by atoms with Crippen LogP contribution in [0.2, 0.25) is 0 Å². The zero-order chi connectivity index (χ0) is 18.6. The van der Waals surface area contributed by atoms with E-state index in [1.54, 1.807) is 18.5 Å². The van der Waals surface area contributed by atoms with Crippen molar-refractivity contribution in [2.24, 2.45) is 0 Å². The number of nitrogens with zero attached hydrogens (tertiary/aromatic N) is 4. The molecule has 0 amide bonds. The minimum Gasteiger partial charge on any atom is -0.508 e. The number of phenols is 1. The monoisotopic (exact) mass is 363 g/mol. The SMILES string of the molecule is Cc1ccc(-c2cc(Nc3cccnc3)nc(N3CCOCC3)n2)cc1O. The average molecular weight is 363 g/mol. The maximum absolute atomic E-state index is 10.1. The summed E-state index contributed by atoms with van der Waals surface area (Å²) in [5.41, 5.74) is 3.26. The summed E-state index contributed by atoms with van der Waals surface area (Å²) in [6, 6.07) is 11.2. The molecular formula is C20H21N5O2. The minimum atomic E-state index is 0.251. The molecule has 1 fully saturated rings. The van der Waals surface area contributed by atoms with Crippen molar-refractivity contribution in [3.63, 3.8) is 0 Å². The Morgan fingerprint density at radius 1 is 1.11 bits per heavy atom. The number of hydrogen-bond donors (Lipinski definition) is 2. The molecule has 27 heavy (non-hydrogen) atoms. The maximum Gasteiger partial charge on any atom is 0.228 e. The Morgan fingerprint density at radius 2 is 1.96 bits per heavy atom. The second-order valence-corrected chi connectivity index (χ2v) is 6.41. The first-order valence-corrected chi connectivity index (χ1v) is 8.88. The fraction of sp³-hybridized carbons (Fsp3) is 0.250. The van der Waals surface area contributed by atoms with Gasteiger partial charge in [0.15, 0.2) is 0 Å². The standard InChI is InChI=1S/C20H21N5O2/c1-14-4-5-15(11-18(14)26)17-12-19(22-16-3-2-6-21-13-16)24-20(23-17)25-7-9-27-10-8-25/h2-6,11-13,26H,7-10H2,1H3,(H,22,23,24). The second kappa shape index (κ2) is 7.59. The number of nitrogens with one attached hydrogen (secondary N) is 1. The minimum absolute atomic E-state index is 0.251. The summed E-state index contributed by atoms with van der Waals surface area (Å²) in [5.74, 6) is 1.57. The third-order valence-electron chi connectivity index (χ3n) is 4.45. The van der Waals surface area contributed by atoms with Gasteiger partial charge >= 0.3 is 0 Å². The van der Waals surface area contributed by atoms with E-state index < -0.39 is 0 Å². The van der Waals surface area contributed by atoms with Gasteiger partial charge in [0.05, 0.1) is 30.8 Å². The zero-order valence-corrected chi connectivity index (χ0v) is 15.1. The van der Waals surface area contributed by atoms with Crippen LogP contribution in [0.3, 0.4) is 0 Å². The molecule has 7 heteroatoms. The molecule has 4 rings (SSSR count). The molecule has 1 saturated heterocycles. The average Bonchev–Trinajstić information content (AvgIpc) is 2.71. The number of rotatable bonds is 4. The Balaban J connectivity index is 1.74. The van der Waals surface area contributed by atoms with E-state index in [2.05, 4.69) is 20.2 Å². The fourth-order valence-corrected chi connectivity index (χ4v) is 2.90. The van der Waals surface area contributed by atoms with Crippen LogP contribution in [0.15, 0.2) is 48.8 Å². The molecule has 138 valence electrons. The van der Waals surface area contributed by atoms with Gasteiger partial charge in [-0.15, -0.1) is 0 Å². The van der Waals surface area contributed by atoms with Crippen molar-refractivity contribution >= 4 is 17.5 Å². The van der Waals surface area contributed by atoms with Gasteiger partial charge in [0.1, 0.15) is 11.6 Å². The first-order valence-electron chi connectivity index (χ1n) is 8.88. The van der Waals surface area contributed by atoms with E-state index >= 15 is 0 Å². The summed E-state index contributed by atoms with van der Waals surface area (Å²) >= 11 is 0.